The third-order valence-electron chi connectivity index (χ3n) is 6.16. The van der Waals surface area contributed by atoms with Gasteiger partial charge in [0.25, 0.3) is 0 Å². The molecule has 3 rings (SSSR count). The molecule has 3 atom stereocenters. The number of carbonyl (C=O) groups is 4. The lowest BCUT2D eigenvalue weighted by Gasteiger charge is -2.32. The smallest absolute Gasteiger partial charge is 0.407 e. The lowest BCUT2D eigenvalue weighted by atomic mass is 10.0. The topological polar surface area (TPSA) is 119 Å². The molecule has 1 unspecified atom stereocenters. The maximum Gasteiger partial charge on any atom is 0.407 e. The zero-order chi connectivity index (χ0) is 26.6. The third-order valence-corrected chi connectivity index (χ3v) is 6.16. The number of benzene rings is 2. The van der Waals surface area contributed by atoms with Crippen LogP contribution in [0.3, 0.4) is 0 Å². The first-order valence-corrected chi connectivity index (χ1v) is 11.4. The molecule has 0 fully saturated rings. The first-order valence-electron chi connectivity index (χ1n) is 11.4. The van der Waals surface area contributed by atoms with E-state index in [0.717, 1.165) is 17.0 Å². The van der Waals surface area contributed by atoms with Gasteiger partial charge in [-0.05, 0) is 29.7 Å². The van der Waals surface area contributed by atoms with Crippen LogP contribution in [0.4, 0.5) is 25.0 Å². The van der Waals surface area contributed by atoms with E-state index in [4.69, 9.17) is 0 Å². The number of carbonyl (C=O) groups excluding carboxylic acids is 3. The summed E-state index contributed by atoms with van der Waals surface area (Å²) in [4.78, 5) is 51.8. The Bertz CT molecular complexity index is 1140. The maximum absolute atomic E-state index is 14.2. The van der Waals surface area contributed by atoms with Crippen molar-refractivity contribution in [2.75, 3.05) is 23.8 Å². The summed E-state index contributed by atoms with van der Waals surface area (Å²) >= 11 is 0. The van der Waals surface area contributed by atoms with Gasteiger partial charge in [0.05, 0.1) is 6.04 Å². The number of hydrogen-bond donors (Lipinski definition) is 3. The number of hydrogen-bond acceptors (Lipinski definition) is 5. The average Bonchev–Trinajstić information content (AvgIpc) is 3.23. The zero-order valence-electron chi connectivity index (χ0n) is 20.1. The van der Waals surface area contributed by atoms with Gasteiger partial charge in [-0.25, -0.2) is 13.6 Å². The number of halogens is 2. The molecule has 0 spiro atoms. The summed E-state index contributed by atoms with van der Waals surface area (Å²) in [6.45, 7) is 3.39. The van der Waals surface area contributed by atoms with Crippen molar-refractivity contribution in [3.05, 3.63) is 59.7 Å². The van der Waals surface area contributed by atoms with Crippen LogP contribution in [0.5, 0.6) is 0 Å². The highest BCUT2D eigenvalue weighted by Crippen LogP contribution is 2.34. The Labute approximate surface area is 207 Å². The van der Waals surface area contributed by atoms with Gasteiger partial charge in [-0.15, -0.1) is 0 Å². The molecule has 36 heavy (non-hydrogen) atoms. The van der Waals surface area contributed by atoms with E-state index in [1.165, 1.54) is 18.0 Å². The van der Waals surface area contributed by atoms with Crippen molar-refractivity contribution in [2.24, 2.45) is 5.92 Å². The molecule has 0 saturated heterocycles. The van der Waals surface area contributed by atoms with Crippen LogP contribution in [-0.4, -0.2) is 65.9 Å². The van der Waals surface area contributed by atoms with Gasteiger partial charge in [0.15, 0.2) is 0 Å². The summed E-state index contributed by atoms with van der Waals surface area (Å²) < 4.78 is 28.3. The van der Waals surface area contributed by atoms with Gasteiger partial charge in [0.2, 0.25) is 11.8 Å². The highest BCUT2D eigenvalue weighted by atomic mass is 19.1. The fraction of sp³-hybridized carbons (Fsp3) is 0.360. The van der Waals surface area contributed by atoms with Crippen LogP contribution in [0.25, 0.3) is 0 Å². The van der Waals surface area contributed by atoms with Crippen LogP contribution in [0.1, 0.15) is 19.4 Å². The number of nitrogens with zero attached hydrogens (tertiary/aromatic N) is 2. The van der Waals surface area contributed by atoms with Gasteiger partial charge in [-0.1, -0.05) is 38.1 Å². The summed E-state index contributed by atoms with van der Waals surface area (Å²) in [6.07, 6.45) is -0.701. The summed E-state index contributed by atoms with van der Waals surface area (Å²) in [7, 11) is 1.24. The number of anilines is 2. The predicted octanol–water partition coefficient (Wildman–Crippen LogP) is 2.65. The van der Waals surface area contributed by atoms with Crippen molar-refractivity contribution in [3.63, 3.8) is 0 Å². The molecule has 1 aliphatic heterocycles. The molecule has 2 aromatic rings. The molecule has 192 valence electrons. The van der Waals surface area contributed by atoms with Crippen molar-refractivity contribution in [2.45, 2.75) is 38.4 Å². The molecule has 0 radical (unpaired) electrons. The molecule has 1 aliphatic rings. The van der Waals surface area contributed by atoms with E-state index >= 15 is 0 Å². The lowest BCUT2D eigenvalue weighted by molar-refractivity contribution is -0.125. The van der Waals surface area contributed by atoms with Gasteiger partial charge in [-0.2, -0.15) is 0 Å². The van der Waals surface area contributed by atoms with Gasteiger partial charge in [0.1, 0.15) is 35.7 Å². The van der Waals surface area contributed by atoms with Gasteiger partial charge < -0.3 is 25.4 Å². The van der Waals surface area contributed by atoms with E-state index in [9.17, 15) is 33.1 Å². The molecule has 0 saturated carbocycles. The first kappa shape index (κ1) is 26.7. The van der Waals surface area contributed by atoms with Crippen LogP contribution < -0.4 is 15.5 Å². The minimum absolute atomic E-state index is 0.131. The Morgan fingerprint density at radius 3 is 2.36 bits per heavy atom. The van der Waals surface area contributed by atoms with E-state index in [-0.39, 0.29) is 18.9 Å². The molecule has 1 heterocycles. The molecule has 3 amide bonds. The monoisotopic (exact) mass is 502 g/mol. The second kappa shape index (κ2) is 11.3. The van der Waals surface area contributed by atoms with E-state index in [0.29, 0.717) is 17.5 Å². The summed E-state index contributed by atoms with van der Waals surface area (Å²) in [6, 6.07) is 7.10. The number of carboxylic acid groups (broad SMARTS) is 1. The van der Waals surface area contributed by atoms with Crippen LogP contribution in [-0.2, 0) is 20.8 Å². The minimum Gasteiger partial charge on any atom is -0.465 e. The van der Waals surface area contributed by atoms with Crippen LogP contribution >= 0.6 is 0 Å². The van der Waals surface area contributed by atoms with Crippen LogP contribution in [0, 0.1) is 17.6 Å². The molecule has 2 aromatic carbocycles. The number of fused-ring (bicyclic) bond motifs is 1. The normalized spacial score (nSPS) is 16.3. The molecule has 0 aliphatic carbocycles. The van der Waals surface area contributed by atoms with Crippen molar-refractivity contribution in [1.82, 2.24) is 10.2 Å². The zero-order valence-corrected chi connectivity index (χ0v) is 20.1. The number of likely N-dealkylation sites (N-methyl/N-ethyl adjacent to an activating group) is 1. The third kappa shape index (κ3) is 5.51. The molecule has 3 N–H and O–H groups in total. The number of aldehydes is 1. The van der Waals surface area contributed by atoms with Crippen molar-refractivity contribution in [1.29, 1.82) is 0 Å². The van der Waals surface area contributed by atoms with E-state index < -0.39 is 53.4 Å². The van der Waals surface area contributed by atoms with Crippen LogP contribution in [0.2, 0.25) is 0 Å². The minimum atomic E-state index is -1.30. The lowest BCUT2D eigenvalue weighted by Crippen LogP contribution is -2.56. The Morgan fingerprint density at radius 1 is 1.14 bits per heavy atom. The van der Waals surface area contributed by atoms with Crippen molar-refractivity contribution >= 4 is 35.6 Å². The number of para-hydroxylation sites is 2. The number of rotatable bonds is 9. The Kier molecular flexibility index (Phi) is 8.36. The van der Waals surface area contributed by atoms with E-state index in [1.807, 2.05) is 0 Å². The van der Waals surface area contributed by atoms with Crippen molar-refractivity contribution in [3.8, 4) is 0 Å². The van der Waals surface area contributed by atoms with Gasteiger partial charge in [-0.3, -0.25) is 14.5 Å². The van der Waals surface area contributed by atoms with E-state index in [1.54, 1.807) is 38.1 Å². The average molecular weight is 503 g/mol. The highest BCUT2D eigenvalue weighted by molar-refractivity contribution is 6.09. The SMILES string of the molecule is CC(C)[C@H](NCC(C=O)N(C)C(=O)O)C(=O)N1c2ccccc2C[C@H]1C(=O)Nc1c(F)cccc1F. The molecular formula is C25H28F2N4O5. The Balaban J connectivity index is 1.89. The predicted molar refractivity (Wildman–Crippen MR) is 129 cm³/mol. The standard InChI is InChI=1S/C25H28F2N4O5/c1-14(2)21(28-12-16(13-32)30(3)25(35)36)24(34)31-19-10-5-4-7-15(19)11-20(31)23(33)29-22-17(26)8-6-9-18(22)27/h4-10,13-14,16,20-21,28H,11-12H2,1-3H3,(H,29,33)(H,35,36)/t16?,20-,21-/m0/s1. The van der Waals surface area contributed by atoms with Gasteiger partial charge in [0, 0.05) is 25.7 Å². The second-order valence-electron chi connectivity index (χ2n) is 8.87. The largest absolute Gasteiger partial charge is 0.465 e. The highest BCUT2D eigenvalue weighted by Gasteiger charge is 2.42. The van der Waals surface area contributed by atoms with Crippen molar-refractivity contribution < 1.29 is 33.1 Å². The maximum atomic E-state index is 14.2. The molecule has 0 aromatic heterocycles. The van der Waals surface area contributed by atoms with E-state index in [2.05, 4.69) is 10.6 Å². The molecular weight excluding hydrogens is 474 g/mol. The molecule has 9 nitrogen and oxygen atoms in total. The fourth-order valence-electron chi connectivity index (χ4n) is 4.12. The summed E-state index contributed by atoms with van der Waals surface area (Å²) in [5.74, 6) is -3.45. The molecule has 0 bridgehead atoms. The summed E-state index contributed by atoms with van der Waals surface area (Å²) in [5, 5.41) is 14.4. The van der Waals surface area contributed by atoms with Gasteiger partial charge >= 0.3 is 6.09 Å². The second-order valence-corrected chi connectivity index (χ2v) is 8.87. The number of amides is 3. The Hall–Kier alpha value is -3.86. The Morgan fingerprint density at radius 2 is 1.78 bits per heavy atom. The van der Waals surface area contributed by atoms with Crippen LogP contribution in [0.15, 0.2) is 42.5 Å². The molecule has 11 heteroatoms. The first-order chi connectivity index (χ1) is 17.1. The fourth-order valence-corrected chi connectivity index (χ4v) is 4.12. The quantitative estimate of drug-likeness (QED) is 0.454. The summed E-state index contributed by atoms with van der Waals surface area (Å²) in [5.41, 5.74) is 0.590. The number of nitrogens with one attached hydrogen (secondary N) is 2.